The average Bonchev–Trinajstić information content (AvgIpc) is 2.16. The molecule has 0 heterocycles. The van der Waals surface area contributed by atoms with Gasteiger partial charge in [-0.2, -0.15) is 0 Å². The fourth-order valence-corrected chi connectivity index (χ4v) is 3.21. The third-order valence-electron chi connectivity index (χ3n) is 3.44. The predicted octanol–water partition coefficient (Wildman–Crippen LogP) is 2.60. The summed E-state index contributed by atoms with van der Waals surface area (Å²) >= 11 is 0. The Labute approximate surface area is 97.5 Å². The van der Waals surface area contributed by atoms with Crippen LogP contribution in [0.2, 0.25) is 0 Å². The van der Waals surface area contributed by atoms with Crippen molar-refractivity contribution in [3.8, 4) is 0 Å². The Morgan fingerprint density at radius 3 is 2.56 bits per heavy atom. The maximum absolute atomic E-state index is 11.4. The molecule has 0 amide bonds. The van der Waals surface area contributed by atoms with E-state index in [9.17, 15) is 9.46 Å². The molecule has 4 atom stereocenters. The van der Waals surface area contributed by atoms with Gasteiger partial charge in [-0.05, 0) is 30.6 Å². The summed E-state index contributed by atoms with van der Waals surface area (Å²) in [5.41, 5.74) is 0. The zero-order valence-electron chi connectivity index (χ0n) is 10.3. The Kier molecular flexibility index (Phi) is 4.99. The van der Waals surface area contributed by atoms with Crippen molar-refractivity contribution < 1.29 is 19.1 Å². The van der Waals surface area contributed by atoms with Crippen LogP contribution in [0.1, 0.15) is 40.0 Å². The zero-order chi connectivity index (χ0) is 12.3. The molecule has 1 fully saturated rings. The maximum atomic E-state index is 11.4. The first kappa shape index (κ1) is 14.2. The SMILES string of the molecule is CC(C)C1CC[C@@H](C)C[C@H]1OP(=O)(O)CO. The van der Waals surface area contributed by atoms with E-state index in [-0.39, 0.29) is 6.10 Å². The summed E-state index contributed by atoms with van der Waals surface area (Å²) in [5, 5.41) is 8.78. The lowest BCUT2D eigenvalue weighted by molar-refractivity contribution is 0.0338. The van der Waals surface area contributed by atoms with Crippen LogP contribution < -0.4 is 0 Å². The van der Waals surface area contributed by atoms with Gasteiger partial charge in [-0.1, -0.05) is 27.2 Å². The fraction of sp³-hybridized carbons (Fsp3) is 1.00. The van der Waals surface area contributed by atoms with Crippen LogP contribution in [0, 0.1) is 17.8 Å². The second kappa shape index (κ2) is 5.63. The molecule has 5 heteroatoms. The molecule has 2 N–H and O–H groups in total. The Morgan fingerprint density at radius 1 is 1.44 bits per heavy atom. The second-order valence-corrected chi connectivity index (χ2v) is 7.02. The monoisotopic (exact) mass is 250 g/mol. The van der Waals surface area contributed by atoms with Gasteiger partial charge in [0.05, 0.1) is 6.10 Å². The summed E-state index contributed by atoms with van der Waals surface area (Å²) in [6.07, 6.45) is 2.02. The minimum absolute atomic E-state index is 0.188. The van der Waals surface area contributed by atoms with Gasteiger partial charge >= 0.3 is 7.60 Å². The van der Waals surface area contributed by atoms with E-state index in [2.05, 4.69) is 20.8 Å². The lowest BCUT2D eigenvalue weighted by Crippen LogP contribution is -2.33. The molecule has 0 aromatic heterocycles. The molecule has 16 heavy (non-hydrogen) atoms. The number of aliphatic hydroxyl groups is 1. The number of rotatable bonds is 4. The number of aliphatic hydroxyl groups excluding tert-OH is 1. The lowest BCUT2D eigenvalue weighted by Gasteiger charge is -2.37. The summed E-state index contributed by atoms with van der Waals surface area (Å²) in [6, 6.07) is 0. The van der Waals surface area contributed by atoms with Crippen LogP contribution in [0.5, 0.6) is 0 Å². The molecule has 4 nitrogen and oxygen atoms in total. The first-order valence-corrected chi connectivity index (χ1v) is 7.73. The van der Waals surface area contributed by atoms with Crippen molar-refractivity contribution in [1.82, 2.24) is 0 Å². The Bertz CT molecular complexity index is 267. The third-order valence-corrected chi connectivity index (χ3v) is 4.40. The zero-order valence-corrected chi connectivity index (χ0v) is 11.2. The molecule has 0 aromatic carbocycles. The highest BCUT2D eigenvalue weighted by atomic mass is 31.2. The van der Waals surface area contributed by atoms with E-state index in [4.69, 9.17) is 9.63 Å². The highest BCUT2D eigenvalue weighted by molar-refractivity contribution is 7.52. The van der Waals surface area contributed by atoms with Crippen LogP contribution in [0.3, 0.4) is 0 Å². The van der Waals surface area contributed by atoms with Crippen LogP contribution in [0.15, 0.2) is 0 Å². The fourth-order valence-electron chi connectivity index (χ4n) is 2.48. The van der Waals surface area contributed by atoms with Crippen LogP contribution in [-0.2, 0) is 9.09 Å². The van der Waals surface area contributed by atoms with Gasteiger partial charge in [0.1, 0.15) is 6.35 Å². The Hall–Kier alpha value is 0.110. The summed E-state index contributed by atoms with van der Waals surface area (Å²) in [5.74, 6) is 1.29. The van der Waals surface area contributed by atoms with Crippen molar-refractivity contribution in [1.29, 1.82) is 0 Å². The summed E-state index contributed by atoms with van der Waals surface area (Å²) in [7, 11) is -3.79. The molecule has 1 saturated carbocycles. The highest BCUT2D eigenvalue weighted by Gasteiger charge is 2.35. The quantitative estimate of drug-likeness (QED) is 0.752. The molecular weight excluding hydrogens is 227 g/mol. The van der Waals surface area contributed by atoms with Gasteiger partial charge in [-0.3, -0.25) is 4.57 Å². The standard InChI is InChI=1S/C11H23O4P/c1-8(2)10-5-4-9(3)6-11(10)15-16(13,14)7-12/h8-12H,4-7H2,1-3H3,(H,13,14)/t9-,10?,11-/m1/s1. The van der Waals surface area contributed by atoms with E-state index in [1.807, 2.05) is 0 Å². The predicted molar refractivity (Wildman–Crippen MR) is 63.1 cm³/mol. The van der Waals surface area contributed by atoms with Gasteiger partial charge in [-0.15, -0.1) is 0 Å². The van der Waals surface area contributed by atoms with E-state index in [1.54, 1.807) is 0 Å². The van der Waals surface area contributed by atoms with Crippen molar-refractivity contribution in [2.24, 2.45) is 17.8 Å². The molecule has 0 bridgehead atoms. The van der Waals surface area contributed by atoms with E-state index in [0.717, 1.165) is 19.3 Å². The molecule has 0 radical (unpaired) electrons. The molecule has 2 unspecified atom stereocenters. The Balaban J connectivity index is 2.68. The van der Waals surface area contributed by atoms with Crippen LogP contribution in [-0.4, -0.2) is 22.5 Å². The minimum Gasteiger partial charge on any atom is -0.384 e. The second-order valence-electron chi connectivity index (χ2n) is 5.25. The molecule has 96 valence electrons. The van der Waals surface area contributed by atoms with Crippen LogP contribution >= 0.6 is 7.60 Å². The average molecular weight is 250 g/mol. The molecule has 1 aliphatic rings. The summed E-state index contributed by atoms with van der Waals surface area (Å²) < 4.78 is 16.6. The topological polar surface area (TPSA) is 66.8 Å². The van der Waals surface area contributed by atoms with Crippen molar-refractivity contribution in [3.63, 3.8) is 0 Å². The third kappa shape index (κ3) is 3.85. The largest absolute Gasteiger partial charge is 0.384 e. The molecule has 0 aromatic rings. The molecule has 1 aliphatic carbocycles. The first-order chi connectivity index (χ1) is 7.35. The van der Waals surface area contributed by atoms with Crippen molar-refractivity contribution >= 4 is 7.60 Å². The van der Waals surface area contributed by atoms with Crippen LogP contribution in [0.4, 0.5) is 0 Å². The van der Waals surface area contributed by atoms with Gasteiger partial charge < -0.3 is 14.5 Å². The first-order valence-electron chi connectivity index (χ1n) is 5.97. The van der Waals surface area contributed by atoms with Gasteiger partial charge in [0.2, 0.25) is 0 Å². The molecular formula is C11H23O4P. The van der Waals surface area contributed by atoms with E-state index >= 15 is 0 Å². The summed E-state index contributed by atoms with van der Waals surface area (Å²) in [6.45, 7) is 6.35. The van der Waals surface area contributed by atoms with Crippen LogP contribution in [0.25, 0.3) is 0 Å². The van der Waals surface area contributed by atoms with E-state index < -0.39 is 13.9 Å². The van der Waals surface area contributed by atoms with Crippen molar-refractivity contribution in [2.45, 2.75) is 46.1 Å². The van der Waals surface area contributed by atoms with Crippen molar-refractivity contribution in [2.75, 3.05) is 6.35 Å². The lowest BCUT2D eigenvalue weighted by atomic mass is 9.75. The molecule has 0 aliphatic heterocycles. The van der Waals surface area contributed by atoms with Gasteiger partial charge in [0, 0.05) is 0 Å². The molecule has 0 saturated heterocycles. The van der Waals surface area contributed by atoms with E-state index in [1.165, 1.54) is 0 Å². The summed E-state index contributed by atoms with van der Waals surface area (Å²) in [4.78, 5) is 9.34. The highest BCUT2D eigenvalue weighted by Crippen LogP contribution is 2.47. The minimum atomic E-state index is -3.79. The van der Waals surface area contributed by atoms with Gasteiger partial charge in [0.25, 0.3) is 0 Å². The van der Waals surface area contributed by atoms with Gasteiger partial charge in [0.15, 0.2) is 0 Å². The number of hydrogen-bond acceptors (Lipinski definition) is 3. The Morgan fingerprint density at radius 2 is 2.06 bits per heavy atom. The van der Waals surface area contributed by atoms with E-state index in [0.29, 0.717) is 17.8 Å². The maximum Gasteiger partial charge on any atom is 0.353 e. The normalized spacial score (nSPS) is 35.0. The van der Waals surface area contributed by atoms with Gasteiger partial charge in [-0.25, -0.2) is 0 Å². The number of hydrogen-bond donors (Lipinski definition) is 2. The van der Waals surface area contributed by atoms with Crippen molar-refractivity contribution in [3.05, 3.63) is 0 Å². The molecule has 1 rings (SSSR count). The smallest absolute Gasteiger partial charge is 0.353 e. The molecule has 0 spiro atoms.